The van der Waals surface area contributed by atoms with E-state index in [1.54, 1.807) is 19.1 Å². The second-order valence-electron chi connectivity index (χ2n) is 3.05. The minimum absolute atomic E-state index is 0.214. The number of carbonyl (C=O) groups excluding carboxylic acids is 1. The quantitative estimate of drug-likeness (QED) is 0.667. The Morgan fingerprint density at radius 3 is 2.86 bits per heavy atom. The maximum Gasteiger partial charge on any atom is 0.267 e. The van der Waals surface area contributed by atoms with Gasteiger partial charge in [0.25, 0.3) is 11.5 Å². The van der Waals surface area contributed by atoms with Crippen molar-refractivity contribution in [3.8, 4) is 0 Å². The minimum atomic E-state index is -0.609. The fraction of sp³-hybridized carbons (Fsp3) is 0.111. The van der Waals surface area contributed by atoms with Crippen LogP contribution in [0.4, 0.5) is 0 Å². The Bertz CT molecular complexity index is 565. The van der Waals surface area contributed by atoms with Gasteiger partial charge in [-0.1, -0.05) is 6.07 Å². The van der Waals surface area contributed by atoms with Gasteiger partial charge in [-0.25, -0.2) is 0 Å². The molecule has 3 N–H and O–H groups in total. The molecule has 2 rings (SSSR count). The summed E-state index contributed by atoms with van der Waals surface area (Å²) in [5, 5.41) is 0. The van der Waals surface area contributed by atoms with E-state index in [2.05, 4.69) is 4.98 Å². The summed E-state index contributed by atoms with van der Waals surface area (Å²) >= 11 is 0. The predicted molar refractivity (Wildman–Crippen MR) is 51.3 cm³/mol. The largest absolute Gasteiger partial charge is 0.364 e. The van der Waals surface area contributed by atoms with E-state index in [9.17, 15) is 9.59 Å². The summed E-state index contributed by atoms with van der Waals surface area (Å²) in [7, 11) is 0. The highest BCUT2D eigenvalue weighted by Crippen LogP contribution is 2.07. The second kappa shape index (κ2) is 2.73. The number of carbonyl (C=O) groups is 1. The van der Waals surface area contributed by atoms with E-state index in [1.165, 1.54) is 10.5 Å². The van der Waals surface area contributed by atoms with Crippen molar-refractivity contribution in [1.29, 1.82) is 0 Å². The number of hydrogen-bond donors (Lipinski definition) is 2. The molecule has 0 unspecified atom stereocenters. The summed E-state index contributed by atoms with van der Waals surface area (Å²) in [4.78, 5) is 25.5. The van der Waals surface area contributed by atoms with Crippen LogP contribution in [-0.4, -0.2) is 15.3 Å². The summed E-state index contributed by atoms with van der Waals surface area (Å²) in [6.07, 6.45) is 0. The van der Waals surface area contributed by atoms with Gasteiger partial charge >= 0.3 is 0 Å². The lowest BCUT2D eigenvalue weighted by molar-refractivity contribution is 0.0994. The number of aromatic nitrogens is 2. The molecule has 0 atom stereocenters. The number of aromatic amines is 1. The fourth-order valence-electron chi connectivity index (χ4n) is 1.53. The van der Waals surface area contributed by atoms with Gasteiger partial charge in [-0.05, 0) is 13.0 Å². The number of imidazole rings is 1. The highest BCUT2D eigenvalue weighted by Gasteiger charge is 2.13. The van der Waals surface area contributed by atoms with Crippen LogP contribution in [0.5, 0.6) is 0 Å². The van der Waals surface area contributed by atoms with Crippen LogP contribution in [0.1, 0.15) is 16.2 Å². The molecule has 0 bridgehead atoms. The first-order valence-corrected chi connectivity index (χ1v) is 4.11. The Balaban J connectivity index is 3.01. The highest BCUT2D eigenvalue weighted by atomic mass is 16.2. The number of fused-ring (bicyclic) bond motifs is 1. The Hall–Kier alpha value is -2.04. The van der Waals surface area contributed by atoms with Gasteiger partial charge in [0.2, 0.25) is 0 Å². The molecule has 5 nitrogen and oxygen atoms in total. The maximum atomic E-state index is 11.5. The summed E-state index contributed by atoms with van der Waals surface area (Å²) in [6.45, 7) is 1.70. The van der Waals surface area contributed by atoms with Crippen LogP contribution in [0.3, 0.4) is 0 Å². The maximum absolute atomic E-state index is 11.5. The smallest absolute Gasteiger partial charge is 0.267 e. The van der Waals surface area contributed by atoms with E-state index in [4.69, 9.17) is 5.73 Å². The number of H-pyrrole nitrogens is 1. The van der Waals surface area contributed by atoms with Crippen LogP contribution in [0.25, 0.3) is 5.65 Å². The van der Waals surface area contributed by atoms with E-state index >= 15 is 0 Å². The molecule has 2 heterocycles. The van der Waals surface area contributed by atoms with Crippen LogP contribution < -0.4 is 11.3 Å². The molecular weight excluding hydrogens is 182 g/mol. The minimum Gasteiger partial charge on any atom is -0.364 e. The average molecular weight is 191 g/mol. The van der Waals surface area contributed by atoms with Gasteiger partial charge in [0.05, 0.1) is 0 Å². The van der Waals surface area contributed by atoms with E-state index in [1.807, 2.05) is 0 Å². The summed E-state index contributed by atoms with van der Waals surface area (Å²) in [6, 6.07) is 4.71. The standard InChI is InChI=1S/C9H9N3O2/c1-5-8(9(10)14)12-6(11-5)3-2-4-7(12)13/h2-4,11H,1H3,(H2,10,14). The van der Waals surface area contributed by atoms with Crippen molar-refractivity contribution in [2.24, 2.45) is 5.73 Å². The molecule has 0 aliphatic rings. The molecule has 2 aromatic rings. The van der Waals surface area contributed by atoms with Crippen molar-refractivity contribution in [3.63, 3.8) is 0 Å². The van der Waals surface area contributed by atoms with Gasteiger partial charge in [-0.15, -0.1) is 0 Å². The van der Waals surface area contributed by atoms with Gasteiger partial charge in [0.15, 0.2) is 0 Å². The number of primary amides is 1. The fourth-order valence-corrected chi connectivity index (χ4v) is 1.53. The number of nitrogens with two attached hydrogens (primary N) is 1. The molecule has 0 aliphatic heterocycles. The third-order valence-electron chi connectivity index (χ3n) is 2.08. The molecular formula is C9H9N3O2. The summed E-state index contributed by atoms with van der Waals surface area (Å²) in [5.74, 6) is -0.609. The molecule has 0 saturated carbocycles. The zero-order valence-corrected chi connectivity index (χ0v) is 7.57. The Morgan fingerprint density at radius 1 is 1.50 bits per heavy atom. The van der Waals surface area contributed by atoms with Crippen LogP contribution in [0.15, 0.2) is 23.0 Å². The lowest BCUT2D eigenvalue weighted by atomic mass is 10.3. The average Bonchev–Trinajstić information content (AvgIpc) is 2.42. The van der Waals surface area contributed by atoms with E-state index in [-0.39, 0.29) is 11.3 Å². The monoisotopic (exact) mass is 191 g/mol. The summed E-state index contributed by atoms with van der Waals surface area (Å²) in [5.41, 5.74) is 6.30. The van der Waals surface area contributed by atoms with Crippen molar-refractivity contribution in [2.75, 3.05) is 0 Å². The van der Waals surface area contributed by atoms with Gasteiger partial charge in [-0.3, -0.25) is 14.0 Å². The lowest BCUT2D eigenvalue weighted by Gasteiger charge is -1.95. The predicted octanol–water partition coefficient (Wildman–Crippen LogP) is 0.0349. The van der Waals surface area contributed by atoms with Gasteiger partial charge < -0.3 is 10.7 Å². The number of nitrogens with one attached hydrogen (secondary N) is 1. The van der Waals surface area contributed by atoms with Crippen molar-refractivity contribution in [2.45, 2.75) is 6.92 Å². The molecule has 72 valence electrons. The van der Waals surface area contributed by atoms with Gasteiger partial charge in [0.1, 0.15) is 11.3 Å². The summed E-state index contributed by atoms with van der Waals surface area (Å²) < 4.78 is 1.28. The van der Waals surface area contributed by atoms with Crippen molar-refractivity contribution >= 4 is 11.6 Å². The van der Waals surface area contributed by atoms with Crippen molar-refractivity contribution < 1.29 is 4.79 Å². The van der Waals surface area contributed by atoms with Crippen LogP contribution in [-0.2, 0) is 0 Å². The normalized spacial score (nSPS) is 10.6. The molecule has 14 heavy (non-hydrogen) atoms. The number of nitrogens with zero attached hydrogens (tertiary/aromatic N) is 1. The zero-order chi connectivity index (χ0) is 10.3. The third-order valence-corrected chi connectivity index (χ3v) is 2.08. The van der Waals surface area contributed by atoms with Crippen LogP contribution in [0, 0.1) is 6.92 Å². The second-order valence-corrected chi connectivity index (χ2v) is 3.05. The molecule has 0 aromatic carbocycles. The molecule has 5 heteroatoms. The lowest BCUT2D eigenvalue weighted by Crippen LogP contribution is -2.21. The van der Waals surface area contributed by atoms with Gasteiger partial charge in [-0.2, -0.15) is 0 Å². The molecule has 1 amide bonds. The van der Waals surface area contributed by atoms with E-state index < -0.39 is 5.91 Å². The Kier molecular flexibility index (Phi) is 1.67. The number of amides is 1. The first kappa shape index (κ1) is 8.55. The number of hydrogen-bond acceptors (Lipinski definition) is 2. The molecule has 0 spiro atoms. The Labute approximate surface area is 79.2 Å². The first-order chi connectivity index (χ1) is 6.61. The zero-order valence-electron chi connectivity index (χ0n) is 7.57. The molecule has 0 fully saturated rings. The van der Waals surface area contributed by atoms with E-state index in [0.29, 0.717) is 11.3 Å². The molecule has 0 radical (unpaired) electrons. The van der Waals surface area contributed by atoms with Crippen LogP contribution >= 0.6 is 0 Å². The van der Waals surface area contributed by atoms with Gasteiger partial charge in [0, 0.05) is 11.8 Å². The number of aryl methyl sites for hydroxylation is 1. The third kappa shape index (κ3) is 1.02. The molecule has 0 aliphatic carbocycles. The number of rotatable bonds is 1. The van der Waals surface area contributed by atoms with Crippen molar-refractivity contribution in [3.05, 3.63) is 39.9 Å². The topological polar surface area (TPSA) is 80.4 Å². The Morgan fingerprint density at radius 2 is 2.21 bits per heavy atom. The number of pyridine rings is 1. The van der Waals surface area contributed by atoms with E-state index in [0.717, 1.165) is 0 Å². The first-order valence-electron chi connectivity index (χ1n) is 4.11. The SMILES string of the molecule is Cc1[nH]c2cccc(=O)n2c1C(N)=O. The van der Waals surface area contributed by atoms with Crippen molar-refractivity contribution in [1.82, 2.24) is 9.38 Å². The van der Waals surface area contributed by atoms with Crippen LogP contribution in [0.2, 0.25) is 0 Å². The molecule has 0 saturated heterocycles. The highest BCUT2D eigenvalue weighted by molar-refractivity contribution is 5.93. The molecule has 2 aromatic heterocycles.